The predicted octanol–water partition coefficient (Wildman–Crippen LogP) is 2.12. The zero-order chi connectivity index (χ0) is 17.5. The lowest BCUT2D eigenvalue weighted by molar-refractivity contribution is -0.136. The average molecular weight is 331 g/mol. The minimum absolute atomic E-state index is 0.0704. The summed E-state index contributed by atoms with van der Waals surface area (Å²) < 4.78 is 2.16. The normalized spacial score (nSPS) is 12.1. The number of hydrogen-bond acceptors (Lipinski definition) is 3. The quantitative estimate of drug-likeness (QED) is 0.680. The van der Waals surface area contributed by atoms with Crippen LogP contribution in [0.1, 0.15) is 26.7 Å². The number of nitrogens with one attached hydrogen (secondary N) is 2. The van der Waals surface area contributed by atoms with Crippen molar-refractivity contribution in [2.24, 2.45) is 5.92 Å². The van der Waals surface area contributed by atoms with E-state index in [0.29, 0.717) is 18.7 Å². The summed E-state index contributed by atoms with van der Waals surface area (Å²) in [4.78, 5) is 23.8. The molecule has 2 amide bonds. The molecular formula is C18H25N3O3. The molecule has 0 spiro atoms. The zero-order valence-electron chi connectivity index (χ0n) is 14.2. The maximum atomic E-state index is 11.9. The van der Waals surface area contributed by atoms with Gasteiger partial charge in [-0.2, -0.15) is 0 Å². The molecule has 6 nitrogen and oxygen atoms in total. The Kier molecular flexibility index (Phi) is 6.37. The number of anilines is 1. The topological polar surface area (TPSA) is 83.4 Å². The highest BCUT2D eigenvalue weighted by Gasteiger charge is 2.15. The van der Waals surface area contributed by atoms with E-state index < -0.39 is 11.8 Å². The second kappa shape index (κ2) is 8.49. The van der Waals surface area contributed by atoms with Crippen molar-refractivity contribution in [1.82, 2.24) is 9.88 Å². The first-order valence-electron chi connectivity index (χ1n) is 8.34. The highest BCUT2D eigenvalue weighted by molar-refractivity contribution is 6.39. The number of amides is 2. The van der Waals surface area contributed by atoms with Gasteiger partial charge in [0, 0.05) is 42.5 Å². The van der Waals surface area contributed by atoms with Crippen LogP contribution >= 0.6 is 0 Å². The van der Waals surface area contributed by atoms with Gasteiger partial charge < -0.3 is 20.3 Å². The van der Waals surface area contributed by atoms with Crippen LogP contribution in [0, 0.1) is 5.92 Å². The van der Waals surface area contributed by atoms with Crippen LogP contribution in [0.5, 0.6) is 0 Å². The Labute approximate surface area is 141 Å². The second-order valence-corrected chi connectivity index (χ2v) is 6.06. The third kappa shape index (κ3) is 4.58. The molecule has 0 aliphatic heterocycles. The van der Waals surface area contributed by atoms with Crippen molar-refractivity contribution in [2.75, 3.05) is 18.5 Å². The van der Waals surface area contributed by atoms with Gasteiger partial charge in [-0.25, -0.2) is 0 Å². The fraction of sp³-hybridized carbons (Fsp3) is 0.444. The van der Waals surface area contributed by atoms with E-state index in [1.807, 2.05) is 31.3 Å². The van der Waals surface area contributed by atoms with E-state index >= 15 is 0 Å². The van der Waals surface area contributed by atoms with Gasteiger partial charge in [0.25, 0.3) is 0 Å². The number of carbonyl (C=O) groups excluding carboxylic acids is 2. The summed E-state index contributed by atoms with van der Waals surface area (Å²) in [6.45, 7) is 5.42. The van der Waals surface area contributed by atoms with Crippen LogP contribution in [0.25, 0.3) is 10.9 Å². The van der Waals surface area contributed by atoms with Gasteiger partial charge in [-0.05, 0) is 43.0 Å². The Morgan fingerprint density at radius 1 is 1.25 bits per heavy atom. The SMILES string of the molecule is CCCn1ccc2cc(NC(=O)C(=O)NCC(C)CCO)ccc21. The van der Waals surface area contributed by atoms with Crippen LogP contribution in [-0.2, 0) is 16.1 Å². The number of fused-ring (bicyclic) bond motifs is 1. The van der Waals surface area contributed by atoms with Gasteiger partial charge in [0.15, 0.2) is 0 Å². The first-order valence-corrected chi connectivity index (χ1v) is 8.34. The number of aliphatic hydroxyl groups is 1. The summed E-state index contributed by atoms with van der Waals surface area (Å²) in [5, 5.41) is 15.1. The van der Waals surface area contributed by atoms with Crippen LogP contribution in [0.4, 0.5) is 5.69 Å². The van der Waals surface area contributed by atoms with E-state index in [4.69, 9.17) is 5.11 Å². The molecule has 1 atom stereocenters. The summed E-state index contributed by atoms with van der Waals surface area (Å²) >= 11 is 0. The lowest BCUT2D eigenvalue weighted by atomic mass is 10.1. The van der Waals surface area contributed by atoms with Crippen LogP contribution in [0.15, 0.2) is 30.5 Å². The molecule has 1 aromatic heterocycles. The maximum absolute atomic E-state index is 11.9. The molecule has 0 aliphatic rings. The molecule has 24 heavy (non-hydrogen) atoms. The van der Waals surface area contributed by atoms with Crippen LogP contribution in [0.3, 0.4) is 0 Å². The summed E-state index contributed by atoms with van der Waals surface area (Å²) in [6, 6.07) is 7.61. The fourth-order valence-corrected chi connectivity index (χ4v) is 2.57. The first kappa shape index (κ1) is 18.0. The molecule has 3 N–H and O–H groups in total. The summed E-state index contributed by atoms with van der Waals surface area (Å²) in [5.41, 5.74) is 1.71. The fourth-order valence-electron chi connectivity index (χ4n) is 2.57. The van der Waals surface area contributed by atoms with Crippen LogP contribution < -0.4 is 10.6 Å². The van der Waals surface area contributed by atoms with Gasteiger partial charge >= 0.3 is 11.8 Å². The molecule has 1 unspecified atom stereocenters. The van der Waals surface area contributed by atoms with Crippen molar-refractivity contribution in [3.63, 3.8) is 0 Å². The van der Waals surface area contributed by atoms with Gasteiger partial charge in [-0.15, -0.1) is 0 Å². The largest absolute Gasteiger partial charge is 0.396 e. The van der Waals surface area contributed by atoms with Gasteiger partial charge in [0.1, 0.15) is 0 Å². The standard InChI is InChI=1S/C18H25N3O3/c1-3-8-21-9-6-14-11-15(4-5-16(14)21)20-18(24)17(23)19-12-13(2)7-10-22/h4-6,9,11,13,22H,3,7-8,10,12H2,1-2H3,(H,19,23)(H,20,24). The molecule has 1 aromatic carbocycles. The number of aryl methyl sites for hydroxylation is 1. The van der Waals surface area contributed by atoms with E-state index in [2.05, 4.69) is 22.1 Å². The van der Waals surface area contributed by atoms with Crippen molar-refractivity contribution < 1.29 is 14.7 Å². The van der Waals surface area contributed by atoms with Crippen LogP contribution in [-0.4, -0.2) is 34.6 Å². The Bertz CT molecular complexity index is 709. The molecule has 0 saturated carbocycles. The van der Waals surface area contributed by atoms with Crippen molar-refractivity contribution in [3.8, 4) is 0 Å². The molecule has 0 saturated heterocycles. The predicted molar refractivity (Wildman–Crippen MR) is 94.7 cm³/mol. The lowest BCUT2D eigenvalue weighted by Crippen LogP contribution is -2.37. The molecule has 2 rings (SSSR count). The highest BCUT2D eigenvalue weighted by atomic mass is 16.3. The molecule has 0 bridgehead atoms. The number of rotatable bonds is 7. The van der Waals surface area contributed by atoms with Gasteiger partial charge in [0.2, 0.25) is 0 Å². The average Bonchev–Trinajstić information content (AvgIpc) is 2.95. The summed E-state index contributed by atoms with van der Waals surface area (Å²) in [6.07, 6.45) is 3.67. The van der Waals surface area contributed by atoms with Crippen molar-refractivity contribution in [1.29, 1.82) is 0 Å². The minimum Gasteiger partial charge on any atom is -0.396 e. The Hall–Kier alpha value is -2.34. The molecule has 2 aromatic rings. The number of aromatic nitrogens is 1. The van der Waals surface area contributed by atoms with Gasteiger partial charge in [-0.1, -0.05) is 13.8 Å². The van der Waals surface area contributed by atoms with Crippen molar-refractivity contribution in [2.45, 2.75) is 33.2 Å². The number of hydrogen-bond donors (Lipinski definition) is 3. The van der Waals surface area contributed by atoms with Crippen molar-refractivity contribution >= 4 is 28.4 Å². The summed E-state index contributed by atoms with van der Waals surface area (Å²) in [7, 11) is 0. The molecule has 1 heterocycles. The third-order valence-corrected chi connectivity index (χ3v) is 3.93. The molecule has 0 aliphatic carbocycles. The molecule has 6 heteroatoms. The van der Waals surface area contributed by atoms with E-state index in [1.54, 1.807) is 6.07 Å². The van der Waals surface area contributed by atoms with Crippen molar-refractivity contribution in [3.05, 3.63) is 30.5 Å². The van der Waals surface area contributed by atoms with Crippen LogP contribution in [0.2, 0.25) is 0 Å². The maximum Gasteiger partial charge on any atom is 0.313 e. The van der Waals surface area contributed by atoms with E-state index in [-0.39, 0.29) is 12.5 Å². The Morgan fingerprint density at radius 2 is 2.04 bits per heavy atom. The van der Waals surface area contributed by atoms with Gasteiger partial charge in [0.05, 0.1) is 0 Å². The Morgan fingerprint density at radius 3 is 2.75 bits per heavy atom. The molecule has 130 valence electrons. The highest BCUT2D eigenvalue weighted by Crippen LogP contribution is 2.20. The van der Waals surface area contributed by atoms with Gasteiger partial charge in [-0.3, -0.25) is 9.59 Å². The molecule has 0 fully saturated rings. The first-order chi connectivity index (χ1) is 11.5. The Balaban J connectivity index is 1.96. The number of carbonyl (C=O) groups is 2. The second-order valence-electron chi connectivity index (χ2n) is 6.06. The lowest BCUT2D eigenvalue weighted by Gasteiger charge is -2.11. The van der Waals surface area contributed by atoms with E-state index in [9.17, 15) is 9.59 Å². The van der Waals surface area contributed by atoms with E-state index in [0.717, 1.165) is 23.9 Å². The monoisotopic (exact) mass is 331 g/mol. The number of benzene rings is 1. The summed E-state index contributed by atoms with van der Waals surface area (Å²) in [5.74, 6) is -1.22. The zero-order valence-corrected chi connectivity index (χ0v) is 14.2. The molecule has 0 radical (unpaired) electrons. The third-order valence-electron chi connectivity index (χ3n) is 3.93. The molecular weight excluding hydrogens is 306 g/mol. The minimum atomic E-state index is -0.682. The van der Waals surface area contributed by atoms with E-state index in [1.165, 1.54) is 0 Å². The smallest absolute Gasteiger partial charge is 0.313 e. The number of aliphatic hydroxyl groups excluding tert-OH is 1. The number of nitrogens with zero attached hydrogens (tertiary/aromatic N) is 1.